The van der Waals surface area contributed by atoms with E-state index in [9.17, 15) is 18.0 Å². The molecule has 30 heavy (non-hydrogen) atoms. The molecule has 0 unspecified atom stereocenters. The van der Waals surface area contributed by atoms with Crippen molar-refractivity contribution in [2.24, 2.45) is 5.92 Å². The fraction of sp³-hybridized carbons (Fsp3) is 0.350. The van der Waals surface area contributed by atoms with Gasteiger partial charge in [0.05, 0.1) is 12.0 Å². The maximum atomic E-state index is 12.6. The van der Waals surface area contributed by atoms with E-state index in [0.29, 0.717) is 18.5 Å². The van der Waals surface area contributed by atoms with Crippen LogP contribution in [0.25, 0.3) is 0 Å². The number of rotatable bonds is 7. The number of nitrogens with zero attached hydrogens (tertiary/aromatic N) is 3. The lowest BCUT2D eigenvalue weighted by Crippen LogP contribution is -2.41. The van der Waals surface area contributed by atoms with Gasteiger partial charge in [0.1, 0.15) is 10.8 Å². The molecule has 2 aromatic rings. The molecule has 1 fully saturated rings. The molecule has 158 valence electrons. The van der Waals surface area contributed by atoms with Gasteiger partial charge in [-0.25, -0.2) is 8.42 Å². The van der Waals surface area contributed by atoms with Gasteiger partial charge in [0.15, 0.2) is 6.61 Å². The first-order valence-electron chi connectivity index (χ1n) is 9.36. The van der Waals surface area contributed by atoms with Crippen LogP contribution < -0.4 is 4.90 Å². The molecule has 10 heteroatoms. The summed E-state index contributed by atoms with van der Waals surface area (Å²) in [4.78, 5) is 26.1. The summed E-state index contributed by atoms with van der Waals surface area (Å²) >= 11 is 1.16. The minimum absolute atomic E-state index is 0.153. The van der Waals surface area contributed by atoms with E-state index in [2.05, 4.69) is 0 Å². The standard InChI is InChI=1S/C20H21N3O5S2/c21-10-13-23(17-5-2-1-3-6-17)18(24)15-28-20(25)16-8-11-22(12-9-16)30(26,27)19-7-4-14-29-19/h1-7,14,16H,8-9,11-13,15H2. The Kier molecular flexibility index (Phi) is 7.20. The molecule has 0 saturated carbocycles. The molecule has 8 nitrogen and oxygen atoms in total. The number of hydrogen-bond donors (Lipinski definition) is 0. The van der Waals surface area contributed by atoms with Gasteiger partial charge in [-0.2, -0.15) is 9.57 Å². The monoisotopic (exact) mass is 447 g/mol. The molecule has 0 spiro atoms. The first kappa shape index (κ1) is 22.0. The number of nitriles is 1. The third kappa shape index (κ3) is 5.05. The molecule has 1 aliphatic heterocycles. The molecular weight excluding hydrogens is 426 g/mol. The Bertz CT molecular complexity index is 1010. The summed E-state index contributed by atoms with van der Waals surface area (Å²) < 4.78 is 31.9. The first-order chi connectivity index (χ1) is 14.4. The van der Waals surface area contributed by atoms with E-state index in [0.717, 1.165) is 11.3 Å². The molecule has 3 rings (SSSR count). The Balaban J connectivity index is 1.52. The Hall–Kier alpha value is -2.74. The van der Waals surface area contributed by atoms with Crippen LogP contribution in [0.3, 0.4) is 0 Å². The minimum atomic E-state index is -3.53. The normalized spacial score (nSPS) is 15.3. The van der Waals surface area contributed by atoms with E-state index < -0.39 is 34.4 Å². The second-order valence-electron chi connectivity index (χ2n) is 6.69. The van der Waals surface area contributed by atoms with Crippen LogP contribution in [0.1, 0.15) is 12.8 Å². The average molecular weight is 448 g/mol. The topological polar surface area (TPSA) is 108 Å². The Labute approximate surface area is 179 Å². The summed E-state index contributed by atoms with van der Waals surface area (Å²) in [7, 11) is -3.53. The average Bonchev–Trinajstić information content (AvgIpc) is 3.32. The number of esters is 1. The van der Waals surface area contributed by atoms with Crippen molar-refractivity contribution in [3.05, 3.63) is 47.8 Å². The van der Waals surface area contributed by atoms with Crippen molar-refractivity contribution in [3.63, 3.8) is 0 Å². The zero-order chi connectivity index (χ0) is 21.6. The molecule has 2 heterocycles. The highest BCUT2D eigenvalue weighted by Crippen LogP contribution is 2.27. The largest absolute Gasteiger partial charge is 0.455 e. The molecular formula is C20H21N3O5S2. The second kappa shape index (κ2) is 9.84. The predicted octanol–water partition coefficient (Wildman–Crippen LogP) is 2.25. The van der Waals surface area contributed by atoms with Crippen molar-refractivity contribution in [1.29, 1.82) is 5.26 Å². The van der Waals surface area contributed by atoms with Gasteiger partial charge in [0.25, 0.3) is 15.9 Å². The van der Waals surface area contributed by atoms with E-state index in [1.165, 1.54) is 9.21 Å². The van der Waals surface area contributed by atoms with Gasteiger partial charge in [-0.3, -0.25) is 14.5 Å². The highest BCUT2D eigenvalue weighted by Gasteiger charge is 2.33. The maximum absolute atomic E-state index is 12.6. The van der Waals surface area contributed by atoms with Crippen molar-refractivity contribution in [2.75, 3.05) is 31.1 Å². The summed E-state index contributed by atoms with van der Waals surface area (Å²) in [6, 6.07) is 13.9. The third-order valence-corrected chi connectivity index (χ3v) is 8.08. The lowest BCUT2D eigenvalue weighted by molar-refractivity contribution is -0.153. The smallest absolute Gasteiger partial charge is 0.309 e. The van der Waals surface area contributed by atoms with Crippen LogP contribution in [-0.2, 0) is 24.3 Å². The number of anilines is 1. The lowest BCUT2D eigenvalue weighted by Gasteiger charge is -2.29. The summed E-state index contributed by atoms with van der Waals surface area (Å²) in [5, 5.41) is 10.7. The molecule has 0 radical (unpaired) electrons. The Morgan fingerprint density at radius 2 is 1.87 bits per heavy atom. The highest BCUT2D eigenvalue weighted by molar-refractivity contribution is 7.91. The molecule has 0 aliphatic carbocycles. The highest BCUT2D eigenvalue weighted by atomic mass is 32.2. The molecule has 0 N–H and O–H groups in total. The van der Waals surface area contributed by atoms with E-state index in [1.54, 1.807) is 47.8 Å². The third-order valence-electron chi connectivity index (χ3n) is 4.81. The van der Waals surface area contributed by atoms with E-state index in [-0.39, 0.29) is 23.8 Å². The van der Waals surface area contributed by atoms with Gasteiger partial charge in [-0.05, 0) is 36.4 Å². The summed E-state index contributed by atoms with van der Waals surface area (Å²) in [5.41, 5.74) is 0.548. The quantitative estimate of drug-likeness (QED) is 0.476. The number of sulfonamides is 1. The minimum Gasteiger partial charge on any atom is -0.455 e. The fourth-order valence-electron chi connectivity index (χ4n) is 3.20. The number of ether oxygens (including phenoxy) is 1. The molecule has 1 aliphatic rings. The number of thiophene rings is 1. The van der Waals surface area contributed by atoms with Crippen LogP contribution in [0.15, 0.2) is 52.1 Å². The number of carbonyl (C=O) groups is 2. The van der Waals surface area contributed by atoms with Crippen LogP contribution in [-0.4, -0.2) is 50.8 Å². The van der Waals surface area contributed by atoms with Crippen LogP contribution in [0.4, 0.5) is 5.69 Å². The van der Waals surface area contributed by atoms with Crippen LogP contribution in [0.5, 0.6) is 0 Å². The second-order valence-corrected chi connectivity index (χ2v) is 9.80. The fourth-order valence-corrected chi connectivity index (χ4v) is 5.81. The van der Waals surface area contributed by atoms with Gasteiger partial charge in [0.2, 0.25) is 0 Å². The number of benzene rings is 1. The molecule has 1 aromatic carbocycles. The molecule has 1 aromatic heterocycles. The van der Waals surface area contributed by atoms with E-state index in [4.69, 9.17) is 10.00 Å². The number of para-hydroxylation sites is 1. The summed E-state index contributed by atoms with van der Waals surface area (Å²) in [6.45, 7) is -0.181. The molecule has 1 saturated heterocycles. The van der Waals surface area contributed by atoms with Crippen LogP contribution in [0.2, 0.25) is 0 Å². The van der Waals surface area contributed by atoms with Gasteiger partial charge in [-0.1, -0.05) is 24.3 Å². The zero-order valence-corrected chi connectivity index (χ0v) is 17.8. The summed E-state index contributed by atoms with van der Waals surface area (Å²) in [5.74, 6) is -1.48. The lowest BCUT2D eigenvalue weighted by atomic mass is 9.98. The van der Waals surface area contributed by atoms with Gasteiger partial charge in [0, 0.05) is 18.8 Å². The van der Waals surface area contributed by atoms with E-state index >= 15 is 0 Å². The van der Waals surface area contributed by atoms with Crippen LogP contribution >= 0.6 is 11.3 Å². The van der Waals surface area contributed by atoms with Crippen molar-refractivity contribution in [1.82, 2.24) is 4.31 Å². The number of amides is 1. The van der Waals surface area contributed by atoms with Crippen molar-refractivity contribution >= 4 is 38.9 Å². The van der Waals surface area contributed by atoms with Crippen molar-refractivity contribution < 1.29 is 22.7 Å². The Morgan fingerprint density at radius 1 is 1.17 bits per heavy atom. The number of piperidine rings is 1. The zero-order valence-electron chi connectivity index (χ0n) is 16.1. The maximum Gasteiger partial charge on any atom is 0.309 e. The SMILES string of the molecule is N#CCN(C(=O)COC(=O)C1CCN(S(=O)(=O)c2cccs2)CC1)c1ccccc1. The van der Waals surface area contributed by atoms with Crippen molar-refractivity contribution in [3.8, 4) is 6.07 Å². The molecule has 0 atom stereocenters. The number of hydrogen-bond acceptors (Lipinski definition) is 7. The Morgan fingerprint density at radius 3 is 2.47 bits per heavy atom. The van der Waals surface area contributed by atoms with E-state index in [1.807, 2.05) is 6.07 Å². The summed E-state index contributed by atoms with van der Waals surface area (Å²) in [6.07, 6.45) is 0.663. The van der Waals surface area contributed by atoms with Crippen molar-refractivity contribution in [2.45, 2.75) is 17.1 Å². The van der Waals surface area contributed by atoms with Gasteiger partial charge in [-0.15, -0.1) is 11.3 Å². The predicted molar refractivity (Wildman–Crippen MR) is 111 cm³/mol. The molecule has 0 bridgehead atoms. The van der Waals surface area contributed by atoms with Gasteiger partial charge < -0.3 is 4.74 Å². The molecule has 1 amide bonds. The number of carbonyl (C=O) groups excluding carboxylic acids is 2. The van der Waals surface area contributed by atoms with Gasteiger partial charge >= 0.3 is 5.97 Å². The first-order valence-corrected chi connectivity index (χ1v) is 11.7. The van der Waals surface area contributed by atoms with Crippen LogP contribution in [0, 0.1) is 17.2 Å².